The Morgan fingerprint density at radius 1 is 1.29 bits per heavy atom. The Labute approximate surface area is 139 Å². The van der Waals surface area contributed by atoms with Crippen molar-refractivity contribution < 1.29 is 4.79 Å². The minimum absolute atomic E-state index is 0.0275. The van der Waals surface area contributed by atoms with Crippen LogP contribution in [0.2, 0.25) is 0 Å². The van der Waals surface area contributed by atoms with Gasteiger partial charge >= 0.3 is 0 Å². The smallest absolute Gasteiger partial charge is 0.220 e. The second kappa shape index (κ2) is 6.43. The predicted octanol–water partition coefficient (Wildman–Crippen LogP) is 1.58. The molecule has 0 unspecified atom stereocenters. The molecule has 0 aromatic carbocycles. The van der Waals surface area contributed by atoms with Gasteiger partial charge in [-0.3, -0.25) is 9.89 Å². The van der Waals surface area contributed by atoms with Gasteiger partial charge in [0.1, 0.15) is 6.33 Å². The fourth-order valence-corrected chi connectivity index (χ4v) is 3.30. The third-order valence-corrected chi connectivity index (χ3v) is 4.58. The number of fused-ring (bicyclic) bond motifs is 2. The first-order valence-corrected chi connectivity index (χ1v) is 8.40. The molecule has 0 radical (unpaired) electrons. The fraction of sp³-hybridized carbons (Fsp3) is 0.412. The number of aryl methyl sites for hydroxylation is 2. The van der Waals surface area contributed by atoms with Crippen molar-refractivity contribution >= 4 is 11.6 Å². The normalized spacial score (nSPS) is 13.8. The van der Waals surface area contributed by atoms with Crippen LogP contribution in [-0.2, 0) is 30.6 Å². The maximum absolute atomic E-state index is 12.2. The zero-order valence-electron chi connectivity index (χ0n) is 13.5. The molecule has 0 fully saturated rings. The molecule has 3 heterocycles. The van der Waals surface area contributed by atoms with E-state index in [1.54, 1.807) is 4.52 Å². The van der Waals surface area contributed by atoms with Crippen LogP contribution in [0.1, 0.15) is 41.9 Å². The highest BCUT2D eigenvalue weighted by atomic mass is 16.1. The van der Waals surface area contributed by atoms with Gasteiger partial charge in [0, 0.05) is 18.5 Å². The first-order chi connectivity index (χ1) is 11.8. The van der Waals surface area contributed by atoms with Crippen molar-refractivity contribution in [3.63, 3.8) is 0 Å². The van der Waals surface area contributed by atoms with E-state index in [0.717, 1.165) is 29.9 Å². The van der Waals surface area contributed by atoms with Crippen molar-refractivity contribution in [1.82, 2.24) is 30.1 Å². The van der Waals surface area contributed by atoms with Gasteiger partial charge < -0.3 is 5.32 Å². The molecule has 1 aliphatic carbocycles. The molecule has 0 spiro atoms. The molecule has 0 bridgehead atoms. The third kappa shape index (κ3) is 2.89. The van der Waals surface area contributed by atoms with Gasteiger partial charge in [0.25, 0.3) is 0 Å². The maximum atomic E-state index is 12.2. The number of nitrogens with one attached hydrogen (secondary N) is 2. The third-order valence-electron chi connectivity index (χ3n) is 4.58. The molecule has 1 amide bonds. The number of hydrogen-bond acceptors (Lipinski definition) is 4. The van der Waals surface area contributed by atoms with E-state index in [1.807, 2.05) is 18.2 Å². The van der Waals surface area contributed by atoms with Crippen LogP contribution in [-0.4, -0.2) is 30.7 Å². The van der Waals surface area contributed by atoms with Crippen molar-refractivity contribution in [3.8, 4) is 0 Å². The summed E-state index contributed by atoms with van der Waals surface area (Å²) in [4.78, 5) is 16.3. The van der Waals surface area contributed by atoms with Crippen LogP contribution in [0.4, 0.5) is 0 Å². The first-order valence-electron chi connectivity index (χ1n) is 8.40. The Balaban J connectivity index is 1.34. The van der Waals surface area contributed by atoms with E-state index in [2.05, 4.69) is 25.6 Å². The Morgan fingerprint density at radius 2 is 2.21 bits per heavy atom. The Hall–Kier alpha value is -2.70. The number of nitrogens with zero attached hydrogens (tertiary/aromatic N) is 4. The molecule has 24 heavy (non-hydrogen) atoms. The Kier molecular flexibility index (Phi) is 3.98. The zero-order chi connectivity index (χ0) is 16.4. The fourth-order valence-electron chi connectivity index (χ4n) is 3.30. The Bertz CT molecular complexity index is 865. The molecule has 0 saturated heterocycles. The van der Waals surface area contributed by atoms with Crippen LogP contribution >= 0.6 is 0 Å². The average molecular weight is 324 g/mol. The van der Waals surface area contributed by atoms with E-state index < -0.39 is 0 Å². The molecule has 124 valence electrons. The van der Waals surface area contributed by atoms with Gasteiger partial charge in [-0.1, -0.05) is 6.07 Å². The van der Waals surface area contributed by atoms with Gasteiger partial charge in [-0.05, 0) is 43.4 Å². The molecular formula is C17H20N6O. The number of rotatable bonds is 5. The highest BCUT2D eigenvalue weighted by Gasteiger charge is 2.17. The van der Waals surface area contributed by atoms with Crippen molar-refractivity contribution in [3.05, 3.63) is 47.2 Å². The van der Waals surface area contributed by atoms with Crippen LogP contribution < -0.4 is 5.32 Å². The molecule has 2 N–H and O–H groups in total. The molecule has 1 aliphatic rings. The van der Waals surface area contributed by atoms with E-state index >= 15 is 0 Å². The topological polar surface area (TPSA) is 88.0 Å². The molecule has 0 atom stereocenters. The predicted molar refractivity (Wildman–Crippen MR) is 88.4 cm³/mol. The van der Waals surface area contributed by atoms with Crippen molar-refractivity contribution in [2.24, 2.45) is 0 Å². The van der Waals surface area contributed by atoms with Crippen molar-refractivity contribution in [2.45, 2.75) is 45.1 Å². The van der Waals surface area contributed by atoms with Crippen molar-refractivity contribution in [1.29, 1.82) is 0 Å². The molecule has 4 rings (SSSR count). The lowest BCUT2D eigenvalue weighted by Gasteiger charge is -2.11. The standard InChI is InChI=1S/C17H20N6O/c24-17(9-8-15-13-5-1-2-6-14(13)21-22-15)18-10-12-4-3-7-16-19-11-20-23(12)16/h3-4,7,11H,1-2,5-6,8-10H2,(H,18,24)(H,21,22). The number of pyridine rings is 1. The lowest BCUT2D eigenvalue weighted by Crippen LogP contribution is -2.24. The lowest BCUT2D eigenvalue weighted by atomic mass is 9.94. The van der Waals surface area contributed by atoms with Gasteiger partial charge in [-0.15, -0.1) is 0 Å². The van der Waals surface area contributed by atoms with E-state index in [-0.39, 0.29) is 5.91 Å². The van der Waals surface area contributed by atoms with Crippen molar-refractivity contribution in [2.75, 3.05) is 0 Å². The molecule has 3 aromatic heterocycles. The number of H-pyrrole nitrogens is 1. The van der Waals surface area contributed by atoms with Crippen LogP contribution in [0.15, 0.2) is 24.5 Å². The summed E-state index contributed by atoms with van der Waals surface area (Å²) in [7, 11) is 0. The van der Waals surface area contributed by atoms with E-state index in [4.69, 9.17) is 0 Å². The average Bonchev–Trinajstić information content (AvgIpc) is 3.25. The van der Waals surface area contributed by atoms with Gasteiger partial charge in [0.05, 0.1) is 17.9 Å². The highest BCUT2D eigenvalue weighted by molar-refractivity contribution is 5.76. The summed E-state index contributed by atoms with van der Waals surface area (Å²) in [6.45, 7) is 0.443. The molecule has 0 aliphatic heterocycles. The molecular weight excluding hydrogens is 304 g/mol. The highest BCUT2D eigenvalue weighted by Crippen LogP contribution is 2.22. The minimum Gasteiger partial charge on any atom is -0.350 e. The monoisotopic (exact) mass is 324 g/mol. The summed E-state index contributed by atoms with van der Waals surface area (Å²) >= 11 is 0. The zero-order valence-corrected chi connectivity index (χ0v) is 13.5. The van der Waals surface area contributed by atoms with E-state index in [0.29, 0.717) is 19.4 Å². The molecule has 7 nitrogen and oxygen atoms in total. The number of carbonyl (C=O) groups excluding carboxylic acids is 1. The quantitative estimate of drug-likeness (QED) is 0.746. The summed E-state index contributed by atoms with van der Waals surface area (Å²) in [6.07, 6.45) is 7.25. The SMILES string of the molecule is O=C(CCc1n[nH]c2c1CCCC2)NCc1cccc2ncnn12. The van der Waals surface area contributed by atoms with Crippen LogP contribution in [0.5, 0.6) is 0 Å². The summed E-state index contributed by atoms with van der Waals surface area (Å²) in [5.74, 6) is 0.0275. The molecule has 7 heteroatoms. The van der Waals surface area contributed by atoms with Gasteiger partial charge in [0.15, 0.2) is 5.65 Å². The number of hydrogen-bond donors (Lipinski definition) is 2. The second-order valence-electron chi connectivity index (χ2n) is 6.16. The summed E-state index contributed by atoms with van der Waals surface area (Å²) in [5, 5.41) is 14.6. The summed E-state index contributed by atoms with van der Waals surface area (Å²) < 4.78 is 1.74. The van der Waals surface area contributed by atoms with Crippen LogP contribution in [0.3, 0.4) is 0 Å². The lowest BCUT2D eigenvalue weighted by molar-refractivity contribution is -0.121. The largest absolute Gasteiger partial charge is 0.350 e. The summed E-state index contributed by atoms with van der Waals surface area (Å²) in [5.41, 5.74) is 5.34. The number of amides is 1. The van der Waals surface area contributed by atoms with Crippen LogP contribution in [0, 0.1) is 0 Å². The van der Waals surface area contributed by atoms with Gasteiger partial charge in [-0.2, -0.15) is 10.2 Å². The summed E-state index contributed by atoms with van der Waals surface area (Å²) in [6, 6.07) is 5.74. The second-order valence-corrected chi connectivity index (χ2v) is 6.16. The molecule has 0 saturated carbocycles. The van der Waals surface area contributed by atoms with E-state index in [9.17, 15) is 4.79 Å². The van der Waals surface area contributed by atoms with Gasteiger partial charge in [-0.25, -0.2) is 9.50 Å². The number of aromatic amines is 1. The van der Waals surface area contributed by atoms with Gasteiger partial charge in [0.2, 0.25) is 5.91 Å². The molecule has 3 aromatic rings. The maximum Gasteiger partial charge on any atom is 0.220 e. The van der Waals surface area contributed by atoms with Crippen LogP contribution in [0.25, 0.3) is 5.65 Å². The Morgan fingerprint density at radius 3 is 3.17 bits per heavy atom. The minimum atomic E-state index is 0.0275. The first kappa shape index (κ1) is 14.9. The number of carbonyl (C=O) groups is 1. The van der Waals surface area contributed by atoms with E-state index in [1.165, 1.54) is 30.4 Å². The number of aromatic nitrogens is 5.